The Labute approximate surface area is 89.6 Å². The van der Waals surface area contributed by atoms with Crippen molar-refractivity contribution in [2.45, 2.75) is 19.4 Å². The topological polar surface area (TPSA) is 53.2 Å². The summed E-state index contributed by atoms with van der Waals surface area (Å²) in [6.45, 7) is 4.74. The molecule has 1 rings (SSSR count). The maximum atomic E-state index is 11.5. The molecule has 0 saturated carbocycles. The Morgan fingerprint density at radius 1 is 1.50 bits per heavy atom. The molecule has 14 heavy (non-hydrogen) atoms. The van der Waals surface area contributed by atoms with E-state index in [2.05, 4.69) is 22.9 Å². The Hall–Kier alpha value is -0.260. The van der Waals surface area contributed by atoms with Crippen LogP contribution in [0.2, 0.25) is 0 Å². The van der Waals surface area contributed by atoms with Crippen molar-refractivity contribution in [3.8, 4) is 0 Å². The van der Waals surface area contributed by atoms with Crippen LogP contribution in [-0.4, -0.2) is 43.2 Å². The van der Waals surface area contributed by atoms with Gasteiger partial charge in [0.15, 0.2) is 0 Å². The molecule has 1 fully saturated rings. The Morgan fingerprint density at radius 2 is 2.36 bits per heavy atom. The fourth-order valence-corrected chi connectivity index (χ4v) is 2.20. The fourth-order valence-electron chi connectivity index (χ4n) is 1.26. The van der Waals surface area contributed by atoms with Crippen LogP contribution < -0.4 is 16.0 Å². The smallest absolute Gasteiger partial charge is 0.238 e. The number of hydrogen-bond donors (Lipinski definition) is 3. The quantitative estimate of drug-likeness (QED) is 0.538. The van der Waals surface area contributed by atoms with Gasteiger partial charge in [0, 0.05) is 24.7 Å². The summed E-state index contributed by atoms with van der Waals surface area (Å²) in [5.41, 5.74) is 0. The van der Waals surface area contributed by atoms with Crippen molar-refractivity contribution in [1.82, 2.24) is 16.0 Å². The first-order valence-corrected chi connectivity index (χ1v) is 6.29. The van der Waals surface area contributed by atoms with Crippen molar-refractivity contribution in [3.05, 3.63) is 0 Å². The molecule has 1 aliphatic heterocycles. The number of carbonyl (C=O) groups is 1. The largest absolute Gasteiger partial charge is 0.353 e. The summed E-state index contributed by atoms with van der Waals surface area (Å²) in [5.74, 6) is 1.92. The Kier molecular flexibility index (Phi) is 5.98. The molecule has 1 unspecified atom stereocenters. The summed E-state index contributed by atoms with van der Waals surface area (Å²) < 4.78 is 0. The molecule has 5 heteroatoms. The van der Waals surface area contributed by atoms with Gasteiger partial charge >= 0.3 is 0 Å². The van der Waals surface area contributed by atoms with Crippen LogP contribution in [0.25, 0.3) is 0 Å². The minimum absolute atomic E-state index is 0.0196. The van der Waals surface area contributed by atoms with Crippen LogP contribution in [0.4, 0.5) is 0 Å². The third kappa shape index (κ3) is 4.30. The Balaban J connectivity index is 1.97. The first-order valence-electron chi connectivity index (χ1n) is 5.14. The molecule has 0 aromatic heterocycles. The zero-order chi connectivity index (χ0) is 10.2. The summed E-state index contributed by atoms with van der Waals surface area (Å²) in [6, 6.07) is 0.0196. The van der Waals surface area contributed by atoms with E-state index in [0.29, 0.717) is 0 Å². The summed E-state index contributed by atoms with van der Waals surface area (Å²) in [5, 5.41) is 9.29. The lowest BCUT2D eigenvalue weighted by Crippen LogP contribution is -2.44. The summed E-state index contributed by atoms with van der Waals surface area (Å²) >= 11 is 1.77. The summed E-state index contributed by atoms with van der Waals surface area (Å²) in [7, 11) is 0. The number of thioether (sulfide) groups is 1. The molecule has 1 amide bonds. The molecular formula is C9H19N3OS. The van der Waals surface area contributed by atoms with E-state index in [1.807, 2.05) is 0 Å². The van der Waals surface area contributed by atoms with Gasteiger partial charge in [-0.15, -0.1) is 11.8 Å². The minimum Gasteiger partial charge on any atom is -0.353 e. The standard InChI is InChI=1S/C9H19N3OS/c1-2-3-10-4-5-11-9(13)8-6-14-7-12-8/h8,10,12H,2-7H2,1H3,(H,11,13). The van der Waals surface area contributed by atoms with Crippen LogP contribution >= 0.6 is 11.8 Å². The van der Waals surface area contributed by atoms with Crippen LogP contribution in [0.3, 0.4) is 0 Å². The average molecular weight is 217 g/mol. The van der Waals surface area contributed by atoms with Gasteiger partial charge in [-0.2, -0.15) is 0 Å². The summed E-state index contributed by atoms with van der Waals surface area (Å²) in [4.78, 5) is 11.5. The third-order valence-corrected chi connectivity index (χ3v) is 3.00. The predicted octanol–water partition coefficient (Wildman–Crippen LogP) is -0.235. The summed E-state index contributed by atoms with van der Waals surface area (Å²) in [6.07, 6.45) is 1.13. The van der Waals surface area contributed by atoms with E-state index in [4.69, 9.17) is 0 Å². The molecule has 3 N–H and O–H groups in total. The monoisotopic (exact) mass is 217 g/mol. The van der Waals surface area contributed by atoms with E-state index < -0.39 is 0 Å². The molecule has 0 spiro atoms. The number of amides is 1. The maximum Gasteiger partial charge on any atom is 0.238 e. The van der Waals surface area contributed by atoms with Crippen LogP contribution in [0.15, 0.2) is 0 Å². The van der Waals surface area contributed by atoms with Gasteiger partial charge in [0.25, 0.3) is 0 Å². The lowest BCUT2D eigenvalue weighted by Gasteiger charge is -2.10. The fraction of sp³-hybridized carbons (Fsp3) is 0.889. The highest BCUT2D eigenvalue weighted by Crippen LogP contribution is 2.08. The van der Waals surface area contributed by atoms with Crippen molar-refractivity contribution in [1.29, 1.82) is 0 Å². The lowest BCUT2D eigenvalue weighted by atomic mass is 10.3. The normalized spacial score (nSPS) is 21.1. The van der Waals surface area contributed by atoms with Crippen molar-refractivity contribution in [3.63, 3.8) is 0 Å². The van der Waals surface area contributed by atoms with Crippen molar-refractivity contribution < 1.29 is 4.79 Å². The molecular weight excluding hydrogens is 198 g/mol. The van der Waals surface area contributed by atoms with Gasteiger partial charge in [0.05, 0.1) is 6.04 Å². The molecule has 0 bridgehead atoms. The molecule has 1 atom stereocenters. The van der Waals surface area contributed by atoms with Crippen molar-refractivity contribution in [2.75, 3.05) is 31.3 Å². The van der Waals surface area contributed by atoms with Gasteiger partial charge in [-0.3, -0.25) is 10.1 Å². The molecule has 4 nitrogen and oxygen atoms in total. The van der Waals surface area contributed by atoms with Crippen LogP contribution in [0.1, 0.15) is 13.3 Å². The zero-order valence-electron chi connectivity index (χ0n) is 8.64. The van der Waals surface area contributed by atoms with Crippen molar-refractivity contribution in [2.24, 2.45) is 0 Å². The van der Waals surface area contributed by atoms with Crippen LogP contribution in [0.5, 0.6) is 0 Å². The van der Waals surface area contributed by atoms with Gasteiger partial charge in [-0.25, -0.2) is 0 Å². The third-order valence-electron chi connectivity index (χ3n) is 2.06. The second-order valence-electron chi connectivity index (χ2n) is 3.31. The number of hydrogen-bond acceptors (Lipinski definition) is 4. The van der Waals surface area contributed by atoms with Gasteiger partial charge in [0.1, 0.15) is 0 Å². The Morgan fingerprint density at radius 3 is 3.00 bits per heavy atom. The van der Waals surface area contributed by atoms with E-state index in [1.54, 1.807) is 11.8 Å². The second-order valence-corrected chi connectivity index (χ2v) is 4.34. The molecule has 1 heterocycles. The minimum atomic E-state index is 0.0196. The first-order chi connectivity index (χ1) is 6.84. The zero-order valence-corrected chi connectivity index (χ0v) is 9.45. The number of carbonyl (C=O) groups excluding carboxylic acids is 1. The highest BCUT2D eigenvalue weighted by atomic mass is 32.2. The van der Waals surface area contributed by atoms with Gasteiger partial charge in [0.2, 0.25) is 5.91 Å². The first kappa shape index (κ1) is 11.8. The molecule has 82 valence electrons. The highest BCUT2D eigenvalue weighted by Gasteiger charge is 2.21. The highest BCUT2D eigenvalue weighted by molar-refractivity contribution is 7.99. The van der Waals surface area contributed by atoms with Gasteiger partial charge in [-0.05, 0) is 13.0 Å². The van der Waals surface area contributed by atoms with Gasteiger partial charge < -0.3 is 10.6 Å². The van der Waals surface area contributed by atoms with Crippen molar-refractivity contribution >= 4 is 17.7 Å². The van der Waals surface area contributed by atoms with E-state index in [0.717, 1.165) is 37.7 Å². The molecule has 0 radical (unpaired) electrons. The maximum absolute atomic E-state index is 11.5. The van der Waals surface area contributed by atoms with Crippen LogP contribution in [-0.2, 0) is 4.79 Å². The average Bonchev–Trinajstić information content (AvgIpc) is 2.70. The van der Waals surface area contributed by atoms with Gasteiger partial charge in [-0.1, -0.05) is 6.92 Å². The van der Waals surface area contributed by atoms with E-state index >= 15 is 0 Å². The van der Waals surface area contributed by atoms with E-state index in [-0.39, 0.29) is 11.9 Å². The van der Waals surface area contributed by atoms with E-state index in [1.165, 1.54) is 0 Å². The lowest BCUT2D eigenvalue weighted by molar-refractivity contribution is -0.122. The molecule has 1 aliphatic rings. The predicted molar refractivity (Wildman–Crippen MR) is 60.4 cm³/mol. The SMILES string of the molecule is CCCNCCNC(=O)C1CSCN1. The second kappa shape index (κ2) is 7.09. The van der Waals surface area contributed by atoms with Crippen LogP contribution in [0, 0.1) is 0 Å². The molecule has 0 aromatic rings. The molecule has 0 aliphatic carbocycles. The Bertz CT molecular complexity index is 171. The molecule has 1 saturated heterocycles. The molecule has 0 aromatic carbocycles. The number of rotatable bonds is 6. The van der Waals surface area contributed by atoms with E-state index in [9.17, 15) is 4.79 Å². The number of nitrogens with one attached hydrogen (secondary N) is 3.